The highest BCUT2D eigenvalue weighted by Crippen LogP contribution is 2.28. The van der Waals surface area contributed by atoms with E-state index in [1.54, 1.807) is 12.1 Å². The van der Waals surface area contributed by atoms with Gasteiger partial charge in [0.1, 0.15) is 11.3 Å². The van der Waals surface area contributed by atoms with Gasteiger partial charge < -0.3 is 19.2 Å². The lowest BCUT2D eigenvalue weighted by molar-refractivity contribution is 0.123. The van der Waals surface area contributed by atoms with E-state index < -0.39 is 5.63 Å². The summed E-state index contributed by atoms with van der Waals surface area (Å²) >= 11 is 0. The van der Waals surface area contributed by atoms with Crippen LogP contribution in [0.2, 0.25) is 0 Å². The average molecular weight is 247 g/mol. The minimum Gasteiger partial charge on any atom is -0.508 e. The van der Waals surface area contributed by atoms with Crippen LogP contribution in [0.15, 0.2) is 33.5 Å². The second-order valence-electron chi connectivity index (χ2n) is 4.23. The van der Waals surface area contributed by atoms with E-state index in [-0.39, 0.29) is 5.75 Å². The predicted octanol–water partition coefficient (Wildman–Crippen LogP) is 1.34. The van der Waals surface area contributed by atoms with Crippen LogP contribution in [0.5, 0.6) is 5.75 Å². The van der Waals surface area contributed by atoms with Crippen molar-refractivity contribution in [2.45, 2.75) is 0 Å². The number of nitrogens with zero attached hydrogens (tertiary/aromatic N) is 1. The molecule has 1 aromatic carbocycles. The molecule has 18 heavy (non-hydrogen) atoms. The number of rotatable bonds is 1. The fraction of sp³-hybridized carbons (Fsp3) is 0.308. The summed E-state index contributed by atoms with van der Waals surface area (Å²) in [5.41, 5.74) is 0.836. The van der Waals surface area contributed by atoms with E-state index in [0.29, 0.717) is 18.8 Å². The Labute approximate surface area is 103 Å². The lowest BCUT2D eigenvalue weighted by Crippen LogP contribution is -2.36. The maximum atomic E-state index is 11.6. The molecular weight excluding hydrogens is 234 g/mol. The average Bonchev–Trinajstić information content (AvgIpc) is 2.38. The lowest BCUT2D eigenvalue weighted by atomic mass is 10.1. The van der Waals surface area contributed by atoms with Crippen molar-refractivity contribution >= 4 is 16.7 Å². The van der Waals surface area contributed by atoms with Crippen molar-refractivity contribution in [3.63, 3.8) is 0 Å². The topological polar surface area (TPSA) is 62.9 Å². The number of benzene rings is 1. The quantitative estimate of drug-likeness (QED) is 0.770. The minimum absolute atomic E-state index is 0.0878. The van der Waals surface area contributed by atoms with Crippen LogP contribution in [0.4, 0.5) is 5.69 Å². The smallest absolute Gasteiger partial charge is 0.338 e. The first-order chi connectivity index (χ1) is 8.74. The maximum absolute atomic E-state index is 11.6. The summed E-state index contributed by atoms with van der Waals surface area (Å²) in [7, 11) is 0. The lowest BCUT2D eigenvalue weighted by Gasteiger charge is -2.29. The fourth-order valence-electron chi connectivity index (χ4n) is 2.20. The Morgan fingerprint density at radius 3 is 2.72 bits per heavy atom. The Hall–Kier alpha value is -2.01. The van der Waals surface area contributed by atoms with Crippen LogP contribution in [0.25, 0.3) is 11.0 Å². The normalized spacial score (nSPS) is 16.1. The van der Waals surface area contributed by atoms with Gasteiger partial charge in [0, 0.05) is 30.6 Å². The highest BCUT2D eigenvalue weighted by atomic mass is 16.5. The number of phenols is 1. The van der Waals surface area contributed by atoms with Crippen molar-refractivity contribution in [2.24, 2.45) is 0 Å². The Balaban J connectivity index is 2.17. The van der Waals surface area contributed by atoms with E-state index in [1.165, 1.54) is 12.1 Å². The van der Waals surface area contributed by atoms with E-state index in [2.05, 4.69) is 4.90 Å². The molecule has 0 aliphatic carbocycles. The summed E-state index contributed by atoms with van der Waals surface area (Å²) in [5.74, 6) is 0.0878. The van der Waals surface area contributed by atoms with Crippen molar-refractivity contribution < 1.29 is 14.3 Å². The van der Waals surface area contributed by atoms with Crippen molar-refractivity contribution in [1.29, 1.82) is 0 Å². The van der Waals surface area contributed by atoms with Gasteiger partial charge >= 0.3 is 5.63 Å². The third-order valence-corrected chi connectivity index (χ3v) is 3.06. The van der Waals surface area contributed by atoms with Gasteiger partial charge in [-0.25, -0.2) is 4.79 Å². The number of morpholine rings is 1. The number of aromatic hydroxyl groups is 1. The zero-order valence-electron chi connectivity index (χ0n) is 9.76. The summed E-state index contributed by atoms with van der Waals surface area (Å²) in [6.07, 6.45) is 0. The Morgan fingerprint density at radius 2 is 1.94 bits per heavy atom. The number of fused-ring (bicyclic) bond motifs is 1. The summed E-state index contributed by atoms with van der Waals surface area (Å²) < 4.78 is 10.4. The van der Waals surface area contributed by atoms with Gasteiger partial charge in [0.2, 0.25) is 0 Å². The molecule has 0 radical (unpaired) electrons. The highest BCUT2D eigenvalue weighted by Gasteiger charge is 2.15. The van der Waals surface area contributed by atoms with Crippen molar-refractivity contribution in [3.8, 4) is 5.75 Å². The number of hydrogen-bond acceptors (Lipinski definition) is 5. The van der Waals surface area contributed by atoms with Crippen LogP contribution < -0.4 is 10.5 Å². The van der Waals surface area contributed by atoms with E-state index in [0.717, 1.165) is 24.2 Å². The standard InChI is InChI=1S/C13H13NO4/c15-9-1-2-10-11(14-3-5-17-6-4-14)8-13(16)18-12(10)7-9/h1-2,7-8,15H,3-6H2. The summed E-state index contributed by atoms with van der Waals surface area (Å²) in [6.45, 7) is 2.80. The molecule has 0 bridgehead atoms. The molecule has 5 heteroatoms. The molecular formula is C13H13NO4. The fourth-order valence-corrected chi connectivity index (χ4v) is 2.20. The Kier molecular flexibility index (Phi) is 2.68. The van der Waals surface area contributed by atoms with E-state index in [9.17, 15) is 9.90 Å². The van der Waals surface area contributed by atoms with Gasteiger partial charge in [-0.3, -0.25) is 0 Å². The number of phenolic OH excluding ortho intramolecular Hbond substituents is 1. The van der Waals surface area contributed by atoms with Crippen molar-refractivity contribution in [3.05, 3.63) is 34.7 Å². The van der Waals surface area contributed by atoms with Crippen LogP contribution in [0.3, 0.4) is 0 Å². The van der Waals surface area contributed by atoms with Gasteiger partial charge in [-0.05, 0) is 12.1 Å². The van der Waals surface area contributed by atoms with Gasteiger partial charge in [-0.15, -0.1) is 0 Å². The van der Waals surface area contributed by atoms with Gasteiger partial charge in [0.15, 0.2) is 0 Å². The molecule has 3 rings (SSSR count). The van der Waals surface area contributed by atoms with Gasteiger partial charge in [-0.2, -0.15) is 0 Å². The molecule has 5 nitrogen and oxygen atoms in total. The van der Waals surface area contributed by atoms with Gasteiger partial charge in [0.25, 0.3) is 0 Å². The number of anilines is 1. The maximum Gasteiger partial charge on any atom is 0.338 e. The molecule has 0 spiro atoms. The van der Waals surface area contributed by atoms with Crippen LogP contribution in [-0.4, -0.2) is 31.4 Å². The van der Waals surface area contributed by atoms with E-state index in [1.807, 2.05) is 0 Å². The molecule has 0 amide bonds. The highest BCUT2D eigenvalue weighted by molar-refractivity contribution is 5.91. The summed E-state index contributed by atoms with van der Waals surface area (Å²) in [5, 5.41) is 10.3. The third-order valence-electron chi connectivity index (χ3n) is 3.06. The molecule has 1 N–H and O–H groups in total. The monoisotopic (exact) mass is 247 g/mol. The predicted molar refractivity (Wildman–Crippen MR) is 67.2 cm³/mol. The van der Waals surface area contributed by atoms with Crippen molar-refractivity contribution in [1.82, 2.24) is 0 Å². The van der Waals surface area contributed by atoms with Crippen LogP contribution >= 0.6 is 0 Å². The SMILES string of the molecule is O=c1cc(N2CCOCC2)c2ccc(O)cc2o1. The molecule has 1 aliphatic heterocycles. The molecule has 0 unspecified atom stereocenters. The summed E-state index contributed by atoms with van der Waals surface area (Å²) in [4.78, 5) is 13.6. The van der Waals surface area contributed by atoms with Crippen LogP contribution in [-0.2, 0) is 4.74 Å². The molecule has 1 saturated heterocycles. The second kappa shape index (κ2) is 4.34. The Bertz CT molecular complexity index is 628. The molecule has 0 saturated carbocycles. The first-order valence-electron chi connectivity index (χ1n) is 5.83. The second-order valence-corrected chi connectivity index (χ2v) is 4.23. The third kappa shape index (κ3) is 1.93. The molecule has 0 atom stereocenters. The molecule has 1 aliphatic rings. The molecule has 2 aromatic rings. The first kappa shape index (κ1) is 11.1. The van der Waals surface area contributed by atoms with Gasteiger partial charge in [-0.1, -0.05) is 0 Å². The van der Waals surface area contributed by atoms with Gasteiger partial charge in [0.05, 0.1) is 18.9 Å². The number of ether oxygens (including phenoxy) is 1. The molecule has 2 heterocycles. The molecule has 1 fully saturated rings. The first-order valence-corrected chi connectivity index (χ1v) is 5.83. The number of hydrogen-bond donors (Lipinski definition) is 1. The Morgan fingerprint density at radius 1 is 1.17 bits per heavy atom. The molecule has 94 valence electrons. The van der Waals surface area contributed by atoms with E-state index >= 15 is 0 Å². The van der Waals surface area contributed by atoms with Crippen LogP contribution in [0, 0.1) is 0 Å². The largest absolute Gasteiger partial charge is 0.508 e. The zero-order chi connectivity index (χ0) is 12.5. The van der Waals surface area contributed by atoms with Crippen molar-refractivity contribution in [2.75, 3.05) is 31.2 Å². The minimum atomic E-state index is -0.408. The summed E-state index contributed by atoms with van der Waals surface area (Å²) in [6, 6.07) is 6.30. The zero-order valence-corrected chi connectivity index (χ0v) is 9.76. The van der Waals surface area contributed by atoms with Crippen LogP contribution in [0.1, 0.15) is 0 Å². The van der Waals surface area contributed by atoms with E-state index in [4.69, 9.17) is 9.15 Å². The molecule has 1 aromatic heterocycles.